The van der Waals surface area contributed by atoms with Gasteiger partial charge in [-0.1, -0.05) is 46.3 Å². The number of rotatable bonds is 4. The van der Waals surface area contributed by atoms with Crippen LogP contribution in [0.25, 0.3) is 38.6 Å². The van der Waals surface area contributed by atoms with E-state index in [2.05, 4.69) is 50.8 Å². The molecule has 1 heterocycles. The molecule has 0 amide bonds. The van der Waals surface area contributed by atoms with Crippen LogP contribution in [0.15, 0.2) is 89.4 Å². The van der Waals surface area contributed by atoms with Gasteiger partial charge in [-0.3, -0.25) is 9.59 Å². The molecule has 1 aromatic heterocycles. The molecule has 5 rings (SSSR count). The molecular formula is C26H16BrNO2. The lowest BCUT2D eigenvalue weighted by Crippen LogP contribution is -1.94. The number of carbonyl (C=O) groups is 2. The molecular weight excluding hydrogens is 438 g/mol. The largest absolute Gasteiger partial charge is 0.309 e. The average Bonchev–Trinajstić information content (AvgIpc) is 3.12. The summed E-state index contributed by atoms with van der Waals surface area (Å²) in [5.74, 6) is 0. The van der Waals surface area contributed by atoms with E-state index in [4.69, 9.17) is 0 Å². The number of fused-ring (bicyclic) bond motifs is 3. The third kappa shape index (κ3) is 3.06. The highest BCUT2D eigenvalue weighted by molar-refractivity contribution is 9.10. The first-order valence-corrected chi connectivity index (χ1v) is 10.3. The number of carbonyl (C=O) groups excluding carboxylic acids is 2. The minimum Gasteiger partial charge on any atom is -0.309 e. The summed E-state index contributed by atoms with van der Waals surface area (Å²) in [4.78, 5) is 22.0. The summed E-state index contributed by atoms with van der Waals surface area (Å²) >= 11 is 3.60. The van der Waals surface area contributed by atoms with Gasteiger partial charge in [0, 0.05) is 32.1 Å². The van der Waals surface area contributed by atoms with Gasteiger partial charge >= 0.3 is 0 Å². The topological polar surface area (TPSA) is 39.1 Å². The molecule has 0 saturated carbocycles. The fraction of sp³-hybridized carbons (Fsp3) is 0. The van der Waals surface area contributed by atoms with Crippen LogP contribution in [0.4, 0.5) is 0 Å². The van der Waals surface area contributed by atoms with Crippen molar-refractivity contribution in [3.8, 4) is 16.8 Å². The smallest absolute Gasteiger partial charge is 0.150 e. The van der Waals surface area contributed by atoms with Crippen LogP contribution < -0.4 is 0 Å². The Balaban J connectivity index is 1.77. The Labute approximate surface area is 181 Å². The molecule has 0 aliphatic heterocycles. The van der Waals surface area contributed by atoms with Crippen molar-refractivity contribution < 1.29 is 9.59 Å². The second-order valence-corrected chi connectivity index (χ2v) is 8.09. The minimum atomic E-state index is 0.656. The summed E-state index contributed by atoms with van der Waals surface area (Å²) in [7, 11) is 0. The van der Waals surface area contributed by atoms with Gasteiger partial charge < -0.3 is 4.57 Å². The first-order chi connectivity index (χ1) is 14.7. The molecule has 0 radical (unpaired) electrons. The minimum absolute atomic E-state index is 0.656. The zero-order chi connectivity index (χ0) is 20.7. The van der Waals surface area contributed by atoms with Gasteiger partial charge in [-0.2, -0.15) is 0 Å². The Morgan fingerprint density at radius 2 is 1.13 bits per heavy atom. The Hall–Kier alpha value is -3.50. The predicted molar refractivity (Wildman–Crippen MR) is 125 cm³/mol. The Morgan fingerprint density at radius 1 is 0.600 bits per heavy atom. The van der Waals surface area contributed by atoms with Crippen LogP contribution in [-0.2, 0) is 0 Å². The number of aromatic nitrogens is 1. The molecule has 0 N–H and O–H groups in total. The van der Waals surface area contributed by atoms with Gasteiger partial charge in [0.25, 0.3) is 0 Å². The molecule has 4 aromatic carbocycles. The lowest BCUT2D eigenvalue weighted by molar-refractivity contribution is 0.111. The van der Waals surface area contributed by atoms with Crippen LogP contribution in [0.1, 0.15) is 20.7 Å². The Bertz CT molecular complexity index is 1410. The lowest BCUT2D eigenvalue weighted by Gasteiger charge is -2.08. The summed E-state index contributed by atoms with van der Waals surface area (Å²) in [6.45, 7) is 0. The number of hydrogen-bond acceptors (Lipinski definition) is 2. The normalized spacial score (nSPS) is 11.1. The van der Waals surface area contributed by atoms with E-state index in [0.717, 1.165) is 55.7 Å². The Kier molecular flexibility index (Phi) is 4.57. The molecule has 0 aliphatic carbocycles. The van der Waals surface area contributed by atoms with Crippen molar-refractivity contribution in [1.82, 2.24) is 4.57 Å². The number of aldehydes is 2. The van der Waals surface area contributed by atoms with Crippen LogP contribution in [0.3, 0.4) is 0 Å². The third-order valence-electron chi connectivity index (χ3n) is 5.39. The average molecular weight is 454 g/mol. The fourth-order valence-electron chi connectivity index (χ4n) is 3.91. The van der Waals surface area contributed by atoms with E-state index in [-0.39, 0.29) is 0 Å². The van der Waals surface area contributed by atoms with E-state index in [1.807, 2.05) is 54.6 Å². The van der Waals surface area contributed by atoms with Crippen molar-refractivity contribution in [2.75, 3.05) is 0 Å². The molecule has 0 saturated heterocycles. The third-order valence-corrected chi connectivity index (χ3v) is 5.89. The second-order valence-electron chi connectivity index (χ2n) is 7.18. The predicted octanol–water partition coefficient (Wildman–Crippen LogP) is 6.84. The SMILES string of the molecule is O=Cc1ccc(-c2ccc3c(c2)c2cc(Br)ccc2n3-c2ccc(C=O)cc2)cc1. The maximum absolute atomic E-state index is 11.0. The van der Waals surface area contributed by atoms with Crippen molar-refractivity contribution in [1.29, 1.82) is 0 Å². The number of benzene rings is 4. The molecule has 4 heteroatoms. The van der Waals surface area contributed by atoms with E-state index in [0.29, 0.717) is 11.1 Å². The molecule has 0 bridgehead atoms. The zero-order valence-corrected chi connectivity index (χ0v) is 17.5. The van der Waals surface area contributed by atoms with Crippen molar-refractivity contribution in [2.45, 2.75) is 0 Å². The van der Waals surface area contributed by atoms with Crippen LogP contribution in [0.2, 0.25) is 0 Å². The molecule has 0 unspecified atom stereocenters. The highest BCUT2D eigenvalue weighted by Crippen LogP contribution is 2.36. The summed E-state index contributed by atoms with van der Waals surface area (Å²) in [5.41, 5.74) is 6.67. The van der Waals surface area contributed by atoms with Gasteiger partial charge in [-0.05, 0) is 65.7 Å². The second kappa shape index (κ2) is 7.39. The van der Waals surface area contributed by atoms with E-state index < -0.39 is 0 Å². The maximum atomic E-state index is 11.0. The van der Waals surface area contributed by atoms with E-state index in [1.165, 1.54) is 0 Å². The van der Waals surface area contributed by atoms with Crippen molar-refractivity contribution in [2.24, 2.45) is 0 Å². The summed E-state index contributed by atoms with van der Waals surface area (Å²) < 4.78 is 3.23. The molecule has 144 valence electrons. The maximum Gasteiger partial charge on any atom is 0.150 e. The highest BCUT2D eigenvalue weighted by Gasteiger charge is 2.14. The molecule has 3 nitrogen and oxygen atoms in total. The van der Waals surface area contributed by atoms with Gasteiger partial charge in [-0.25, -0.2) is 0 Å². The molecule has 0 spiro atoms. The molecule has 0 aliphatic rings. The van der Waals surface area contributed by atoms with Crippen LogP contribution in [0.5, 0.6) is 0 Å². The van der Waals surface area contributed by atoms with Crippen molar-refractivity contribution in [3.05, 3.63) is 101 Å². The lowest BCUT2D eigenvalue weighted by atomic mass is 10.0. The Morgan fingerprint density at radius 3 is 1.77 bits per heavy atom. The quantitative estimate of drug-likeness (QED) is 0.279. The van der Waals surface area contributed by atoms with Gasteiger partial charge in [0.05, 0.1) is 11.0 Å². The van der Waals surface area contributed by atoms with E-state index in [1.54, 1.807) is 0 Å². The van der Waals surface area contributed by atoms with Gasteiger partial charge in [0.2, 0.25) is 0 Å². The van der Waals surface area contributed by atoms with E-state index >= 15 is 0 Å². The number of halogens is 1. The summed E-state index contributed by atoms with van der Waals surface area (Å²) in [5, 5.41) is 2.29. The highest BCUT2D eigenvalue weighted by atomic mass is 79.9. The van der Waals surface area contributed by atoms with Crippen LogP contribution >= 0.6 is 15.9 Å². The van der Waals surface area contributed by atoms with Crippen LogP contribution in [-0.4, -0.2) is 17.1 Å². The molecule has 5 aromatic rings. The standard InChI is InChI=1S/C26H16BrNO2/c27-21-8-12-26-24(14-21)23-13-20(19-5-1-17(15-29)2-6-19)7-11-25(23)28(26)22-9-3-18(16-30)4-10-22/h1-16H. The van der Waals surface area contributed by atoms with Gasteiger partial charge in [-0.15, -0.1) is 0 Å². The van der Waals surface area contributed by atoms with Crippen molar-refractivity contribution >= 4 is 50.3 Å². The summed E-state index contributed by atoms with van der Waals surface area (Å²) in [6.07, 6.45) is 1.71. The molecule has 0 fully saturated rings. The molecule has 30 heavy (non-hydrogen) atoms. The zero-order valence-electron chi connectivity index (χ0n) is 15.9. The summed E-state index contributed by atoms with van der Waals surface area (Å²) in [6, 6.07) is 27.9. The van der Waals surface area contributed by atoms with Gasteiger partial charge in [0.15, 0.2) is 0 Å². The van der Waals surface area contributed by atoms with E-state index in [9.17, 15) is 9.59 Å². The monoisotopic (exact) mass is 453 g/mol. The number of nitrogens with zero attached hydrogens (tertiary/aromatic N) is 1. The fourth-order valence-corrected chi connectivity index (χ4v) is 4.27. The van der Waals surface area contributed by atoms with Crippen LogP contribution in [0, 0.1) is 0 Å². The first-order valence-electron chi connectivity index (χ1n) is 9.53. The first kappa shape index (κ1) is 18.5. The number of hydrogen-bond donors (Lipinski definition) is 0. The van der Waals surface area contributed by atoms with Gasteiger partial charge in [0.1, 0.15) is 12.6 Å². The molecule has 0 atom stereocenters. The van der Waals surface area contributed by atoms with Crippen molar-refractivity contribution in [3.63, 3.8) is 0 Å².